The zero-order chi connectivity index (χ0) is 14.0. The Morgan fingerprint density at radius 2 is 2.37 bits per heavy atom. The molecule has 2 heterocycles. The molecular formula is C12H14FN3O2S. The van der Waals surface area contributed by atoms with Gasteiger partial charge < -0.3 is 4.90 Å². The molecule has 0 bridgehead atoms. The van der Waals surface area contributed by atoms with E-state index in [9.17, 15) is 12.8 Å². The number of nitrogens with zero attached hydrogens (tertiary/aromatic N) is 3. The quantitative estimate of drug-likeness (QED) is 0.824. The van der Waals surface area contributed by atoms with Crippen LogP contribution in [0.15, 0.2) is 18.3 Å². The highest BCUT2D eigenvalue weighted by Crippen LogP contribution is 2.27. The third-order valence-electron chi connectivity index (χ3n) is 3.03. The van der Waals surface area contributed by atoms with Crippen LogP contribution in [0.5, 0.6) is 0 Å². The highest BCUT2D eigenvalue weighted by Gasteiger charge is 2.35. The zero-order valence-electron chi connectivity index (χ0n) is 10.5. The Bertz CT molecular complexity index is 612. The number of nitriles is 1. The fourth-order valence-corrected chi connectivity index (χ4v) is 3.31. The minimum absolute atomic E-state index is 0.105. The third kappa shape index (κ3) is 3.41. The van der Waals surface area contributed by atoms with Crippen molar-refractivity contribution in [2.45, 2.75) is 18.6 Å². The van der Waals surface area contributed by atoms with Crippen LogP contribution in [-0.4, -0.2) is 44.2 Å². The predicted molar refractivity (Wildman–Crippen MR) is 69.3 cm³/mol. The molecule has 0 amide bonds. The van der Waals surface area contributed by atoms with Gasteiger partial charge in [-0.3, -0.25) is 0 Å². The molecule has 2 rings (SSSR count). The first-order chi connectivity index (χ1) is 8.89. The van der Waals surface area contributed by atoms with E-state index in [1.807, 2.05) is 6.07 Å². The summed E-state index contributed by atoms with van der Waals surface area (Å²) in [5, 5.41) is 8.84. The number of halogens is 1. The highest BCUT2D eigenvalue weighted by atomic mass is 32.2. The molecule has 1 aliphatic rings. The molecule has 2 atom stereocenters. The van der Waals surface area contributed by atoms with Crippen molar-refractivity contribution >= 4 is 15.7 Å². The Morgan fingerprint density at radius 1 is 1.63 bits per heavy atom. The second kappa shape index (κ2) is 5.13. The lowest BCUT2D eigenvalue weighted by Crippen LogP contribution is -2.35. The van der Waals surface area contributed by atoms with Crippen molar-refractivity contribution in [3.8, 4) is 6.07 Å². The summed E-state index contributed by atoms with van der Waals surface area (Å²) in [5.41, 5.74) is 0.422. The Labute approximate surface area is 111 Å². The molecule has 0 N–H and O–H groups in total. The summed E-state index contributed by atoms with van der Waals surface area (Å²) in [4.78, 5) is 5.73. The Hall–Kier alpha value is -1.68. The lowest BCUT2D eigenvalue weighted by atomic mass is 10.2. The van der Waals surface area contributed by atoms with E-state index >= 15 is 0 Å². The SMILES string of the molecule is CS(=O)(=O)C[C@@H]1C[C@H](F)CN1c1cc(C#N)ccn1. The first kappa shape index (κ1) is 13.7. The van der Waals surface area contributed by atoms with Crippen molar-refractivity contribution in [2.75, 3.05) is 23.5 Å². The summed E-state index contributed by atoms with van der Waals surface area (Å²) in [6.07, 6.45) is 1.71. The van der Waals surface area contributed by atoms with Gasteiger partial charge in [0.2, 0.25) is 0 Å². The van der Waals surface area contributed by atoms with Crippen LogP contribution in [0, 0.1) is 11.3 Å². The summed E-state index contributed by atoms with van der Waals surface area (Å²) in [5.74, 6) is 0.346. The Kier molecular flexibility index (Phi) is 3.71. The molecule has 19 heavy (non-hydrogen) atoms. The normalized spacial score (nSPS) is 23.3. The number of sulfone groups is 1. The summed E-state index contributed by atoms with van der Waals surface area (Å²) >= 11 is 0. The minimum atomic E-state index is -3.19. The first-order valence-corrected chi connectivity index (χ1v) is 7.89. The van der Waals surface area contributed by atoms with Crippen molar-refractivity contribution in [1.29, 1.82) is 5.26 Å². The number of pyridine rings is 1. The molecule has 0 saturated carbocycles. The summed E-state index contributed by atoms with van der Waals surface area (Å²) in [7, 11) is -3.19. The van der Waals surface area contributed by atoms with Gasteiger partial charge in [-0.2, -0.15) is 5.26 Å². The van der Waals surface area contributed by atoms with Crippen LogP contribution in [0.1, 0.15) is 12.0 Å². The molecular weight excluding hydrogens is 269 g/mol. The topological polar surface area (TPSA) is 74.1 Å². The fourth-order valence-electron chi connectivity index (χ4n) is 2.29. The number of rotatable bonds is 3. The van der Waals surface area contributed by atoms with E-state index in [1.165, 1.54) is 6.20 Å². The highest BCUT2D eigenvalue weighted by molar-refractivity contribution is 7.90. The van der Waals surface area contributed by atoms with Crippen LogP contribution >= 0.6 is 0 Å². The van der Waals surface area contributed by atoms with Crippen molar-refractivity contribution in [1.82, 2.24) is 4.98 Å². The maximum absolute atomic E-state index is 13.5. The van der Waals surface area contributed by atoms with Gasteiger partial charge in [-0.25, -0.2) is 17.8 Å². The molecule has 0 spiro atoms. The van der Waals surface area contributed by atoms with E-state index in [1.54, 1.807) is 17.0 Å². The van der Waals surface area contributed by atoms with Crippen LogP contribution in [0.4, 0.5) is 10.2 Å². The largest absolute Gasteiger partial charge is 0.350 e. The summed E-state index contributed by atoms with van der Waals surface area (Å²) < 4.78 is 36.3. The number of anilines is 1. The van der Waals surface area contributed by atoms with Gasteiger partial charge in [0, 0.05) is 24.9 Å². The van der Waals surface area contributed by atoms with Crippen molar-refractivity contribution < 1.29 is 12.8 Å². The van der Waals surface area contributed by atoms with Crippen LogP contribution in [-0.2, 0) is 9.84 Å². The van der Waals surface area contributed by atoms with Gasteiger partial charge in [-0.05, 0) is 12.1 Å². The van der Waals surface area contributed by atoms with Gasteiger partial charge in [0.15, 0.2) is 0 Å². The van der Waals surface area contributed by atoms with Gasteiger partial charge >= 0.3 is 0 Å². The van der Waals surface area contributed by atoms with E-state index in [0.29, 0.717) is 11.4 Å². The molecule has 5 nitrogen and oxygen atoms in total. The Balaban J connectivity index is 2.28. The Morgan fingerprint density at radius 3 is 3.00 bits per heavy atom. The smallest absolute Gasteiger partial charge is 0.149 e. The van der Waals surface area contributed by atoms with Crippen LogP contribution in [0.2, 0.25) is 0 Å². The molecule has 0 aromatic carbocycles. The molecule has 0 unspecified atom stereocenters. The molecule has 1 aliphatic heterocycles. The van der Waals surface area contributed by atoms with Crippen LogP contribution in [0.3, 0.4) is 0 Å². The van der Waals surface area contributed by atoms with E-state index in [4.69, 9.17) is 5.26 Å². The number of hydrogen-bond donors (Lipinski definition) is 0. The molecule has 0 radical (unpaired) electrons. The molecule has 7 heteroatoms. The van der Waals surface area contributed by atoms with Gasteiger partial charge in [0.05, 0.1) is 23.9 Å². The standard InChI is InChI=1S/C12H14FN3O2S/c1-19(17,18)8-11-5-10(13)7-16(11)12-4-9(6-14)2-3-15-12/h2-4,10-11H,5,7-8H2,1H3/t10-,11-/m0/s1. The minimum Gasteiger partial charge on any atom is -0.350 e. The number of hydrogen-bond acceptors (Lipinski definition) is 5. The maximum atomic E-state index is 13.5. The molecule has 1 aromatic rings. The zero-order valence-corrected chi connectivity index (χ0v) is 11.3. The van der Waals surface area contributed by atoms with Crippen molar-refractivity contribution in [2.24, 2.45) is 0 Å². The molecule has 1 aromatic heterocycles. The lowest BCUT2D eigenvalue weighted by molar-refractivity contribution is 0.358. The van der Waals surface area contributed by atoms with Crippen LogP contribution in [0.25, 0.3) is 0 Å². The summed E-state index contributed by atoms with van der Waals surface area (Å²) in [6.45, 7) is 0.113. The van der Waals surface area contributed by atoms with Gasteiger partial charge in [0.1, 0.15) is 21.8 Å². The summed E-state index contributed by atoms with van der Waals surface area (Å²) in [6, 6.07) is 4.66. The molecule has 1 saturated heterocycles. The van der Waals surface area contributed by atoms with E-state index < -0.39 is 22.1 Å². The molecule has 1 fully saturated rings. The monoisotopic (exact) mass is 283 g/mol. The fraction of sp³-hybridized carbons (Fsp3) is 0.500. The van der Waals surface area contributed by atoms with Gasteiger partial charge in [-0.1, -0.05) is 0 Å². The number of aromatic nitrogens is 1. The average Bonchev–Trinajstić information content (AvgIpc) is 2.68. The van der Waals surface area contributed by atoms with Crippen molar-refractivity contribution in [3.63, 3.8) is 0 Å². The second-order valence-electron chi connectivity index (χ2n) is 4.75. The van der Waals surface area contributed by atoms with Gasteiger partial charge in [0.25, 0.3) is 0 Å². The molecule has 102 valence electrons. The van der Waals surface area contributed by atoms with Crippen LogP contribution < -0.4 is 4.90 Å². The third-order valence-corrected chi connectivity index (χ3v) is 4.02. The van der Waals surface area contributed by atoms with E-state index in [2.05, 4.69) is 4.98 Å². The van der Waals surface area contributed by atoms with E-state index in [-0.39, 0.29) is 18.7 Å². The van der Waals surface area contributed by atoms with Gasteiger partial charge in [-0.15, -0.1) is 0 Å². The molecule has 0 aliphatic carbocycles. The lowest BCUT2D eigenvalue weighted by Gasteiger charge is -2.24. The second-order valence-corrected chi connectivity index (χ2v) is 6.93. The number of alkyl halides is 1. The van der Waals surface area contributed by atoms with E-state index in [0.717, 1.165) is 6.26 Å². The van der Waals surface area contributed by atoms with Crippen molar-refractivity contribution in [3.05, 3.63) is 23.9 Å². The maximum Gasteiger partial charge on any atom is 0.149 e. The predicted octanol–water partition coefficient (Wildman–Crippen LogP) is 0.915. The first-order valence-electron chi connectivity index (χ1n) is 5.83. The average molecular weight is 283 g/mol.